The van der Waals surface area contributed by atoms with E-state index >= 15 is 0 Å². The molecule has 1 aromatic carbocycles. The largest absolute Gasteiger partial charge is 0.508 e. The van der Waals surface area contributed by atoms with Crippen LogP contribution in [0.5, 0.6) is 5.75 Å². The first-order valence-electron chi connectivity index (χ1n) is 4.04. The van der Waals surface area contributed by atoms with Gasteiger partial charge in [0.25, 0.3) is 0 Å². The van der Waals surface area contributed by atoms with E-state index in [4.69, 9.17) is 10.8 Å². The second kappa shape index (κ2) is 5.88. The third kappa shape index (κ3) is 4.68. The SMILES string of the molecule is CC.NC(=O)Nc1ccc(O)cc1.[HH].[HH]. The lowest BCUT2D eigenvalue weighted by Gasteiger charge is -1.99. The first-order valence-corrected chi connectivity index (χ1v) is 4.04. The van der Waals surface area contributed by atoms with Crippen LogP contribution in [0.2, 0.25) is 0 Å². The summed E-state index contributed by atoms with van der Waals surface area (Å²) in [7, 11) is 0. The van der Waals surface area contributed by atoms with Gasteiger partial charge in [-0.25, -0.2) is 4.79 Å². The van der Waals surface area contributed by atoms with Gasteiger partial charge in [-0.05, 0) is 24.3 Å². The van der Waals surface area contributed by atoms with E-state index in [-0.39, 0.29) is 8.60 Å². The fourth-order valence-corrected chi connectivity index (χ4v) is 0.687. The fourth-order valence-electron chi connectivity index (χ4n) is 0.687. The van der Waals surface area contributed by atoms with Crippen molar-refractivity contribution in [1.29, 1.82) is 0 Å². The summed E-state index contributed by atoms with van der Waals surface area (Å²) in [6.45, 7) is 4.00. The minimum absolute atomic E-state index is 0. The Morgan fingerprint density at radius 2 is 1.85 bits per heavy atom. The highest BCUT2D eigenvalue weighted by Crippen LogP contribution is 2.12. The predicted octanol–water partition coefficient (Wildman–Crippen LogP) is 2.40. The first-order chi connectivity index (χ1) is 6.18. The van der Waals surface area contributed by atoms with Crippen molar-refractivity contribution in [1.82, 2.24) is 0 Å². The second-order valence-electron chi connectivity index (χ2n) is 2.04. The summed E-state index contributed by atoms with van der Waals surface area (Å²) in [5.41, 5.74) is 5.42. The average molecular weight is 186 g/mol. The number of nitrogens with one attached hydrogen (secondary N) is 1. The van der Waals surface area contributed by atoms with Crippen LogP contribution in [-0.2, 0) is 0 Å². The Bertz CT molecular complexity index is 265. The molecular weight excluding hydrogens is 168 g/mol. The second-order valence-corrected chi connectivity index (χ2v) is 2.04. The topological polar surface area (TPSA) is 75.4 Å². The Kier molecular flexibility index (Phi) is 5.11. The van der Waals surface area contributed by atoms with Crippen molar-refractivity contribution in [2.75, 3.05) is 5.32 Å². The third-order valence-corrected chi connectivity index (χ3v) is 1.13. The van der Waals surface area contributed by atoms with Crippen LogP contribution in [0.1, 0.15) is 16.7 Å². The number of hydrogen-bond acceptors (Lipinski definition) is 2. The van der Waals surface area contributed by atoms with Gasteiger partial charge in [0.2, 0.25) is 0 Å². The standard InChI is InChI=1S/C7H8N2O2.C2H6.2H2/c8-7(11)9-5-1-3-6(10)4-2-5;1-2;;/h1-4,10H,(H3,8,9,11);1-2H3;2*1H. The number of nitrogens with two attached hydrogens (primary N) is 1. The normalized spacial score (nSPS) is 8.15. The van der Waals surface area contributed by atoms with Gasteiger partial charge in [-0.3, -0.25) is 0 Å². The molecule has 0 radical (unpaired) electrons. The van der Waals surface area contributed by atoms with Gasteiger partial charge < -0.3 is 16.2 Å². The minimum Gasteiger partial charge on any atom is -0.508 e. The molecule has 0 heterocycles. The van der Waals surface area contributed by atoms with E-state index in [0.717, 1.165) is 0 Å². The molecule has 1 rings (SSSR count). The number of carbonyl (C=O) groups is 1. The van der Waals surface area contributed by atoms with E-state index in [1.54, 1.807) is 12.1 Å². The zero-order valence-corrected chi connectivity index (χ0v) is 7.74. The number of rotatable bonds is 1. The molecule has 1 aromatic rings. The van der Waals surface area contributed by atoms with Crippen LogP contribution in [0.25, 0.3) is 0 Å². The number of primary amides is 1. The molecule has 0 atom stereocenters. The Morgan fingerprint density at radius 1 is 1.38 bits per heavy atom. The van der Waals surface area contributed by atoms with Crippen LogP contribution in [0.4, 0.5) is 10.5 Å². The molecule has 4 nitrogen and oxygen atoms in total. The zero-order valence-electron chi connectivity index (χ0n) is 7.74. The quantitative estimate of drug-likeness (QED) is 0.589. The molecule has 0 bridgehead atoms. The van der Waals surface area contributed by atoms with Crippen LogP contribution < -0.4 is 11.1 Å². The van der Waals surface area contributed by atoms with Crippen molar-refractivity contribution in [3.8, 4) is 5.75 Å². The van der Waals surface area contributed by atoms with Gasteiger partial charge in [-0.2, -0.15) is 0 Å². The van der Waals surface area contributed by atoms with Crippen molar-refractivity contribution in [2.45, 2.75) is 13.8 Å². The van der Waals surface area contributed by atoms with Crippen molar-refractivity contribution in [3.63, 3.8) is 0 Å². The van der Waals surface area contributed by atoms with Crippen LogP contribution in [0.3, 0.4) is 0 Å². The maximum atomic E-state index is 10.3. The molecule has 4 heteroatoms. The number of aromatic hydroxyl groups is 1. The van der Waals surface area contributed by atoms with E-state index < -0.39 is 6.03 Å². The highest BCUT2D eigenvalue weighted by Gasteiger charge is 1.93. The predicted molar refractivity (Wildman–Crippen MR) is 56.9 cm³/mol. The Morgan fingerprint density at radius 3 is 2.23 bits per heavy atom. The Labute approximate surface area is 80.3 Å². The van der Waals surface area contributed by atoms with Gasteiger partial charge in [0, 0.05) is 8.54 Å². The van der Waals surface area contributed by atoms with E-state index in [0.29, 0.717) is 5.69 Å². The molecule has 0 aromatic heterocycles. The summed E-state index contributed by atoms with van der Waals surface area (Å²) in [5, 5.41) is 11.2. The summed E-state index contributed by atoms with van der Waals surface area (Å²) in [6, 6.07) is 5.42. The molecule has 0 aliphatic carbocycles. The van der Waals surface area contributed by atoms with Crippen molar-refractivity contribution < 1.29 is 12.8 Å². The molecule has 0 aliphatic heterocycles. The molecular formula is C9H18N2O2. The van der Waals surface area contributed by atoms with Gasteiger partial charge in [-0.1, -0.05) is 13.8 Å². The number of amides is 2. The zero-order chi connectivity index (χ0) is 10.3. The molecule has 13 heavy (non-hydrogen) atoms. The van der Waals surface area contributed by atoms with E-state index in [1.165, 1.54) is 12.1 Å². The molecule has 0 aliphatic rings. The molecule has 0 saturated carbocycles. The summed E-state index contributed by atoms with van der Waals surface area (Å²) in [5.74, 6) is 0.153. The highest BCUT2D eigenvalue weighted by molar-refractivity contribution is 5.87. The van der Waals surface area contributed by atoms with E-state index in [1.807, 2.05) is 13.8 Å². The van der Waals surface area contributed by atoms with Crippen LogP contribution in [0.15, 0.2) is 24.3 Å². The molecule has 0 fully saturated rings. The van der Waals surface area contributed by atoms with Gasteiger partial charge in [0.15, 0.2) is 0 Å². The lowest BCUT2D eigenvalue weighted by atomic mass is 10.3. The van der Waals surface area contributed by atoms with Gasteiger partial charge >= 0.3 is 6.03 Å². The monoisotopic (exact) mass is 186 g/mol. The maximum absolute atomic E-state index is 10.3. The van der Waals surface area contributed by atoms with Crippen molar-refractivity contribution >= 4 is 11.7 Å². The van der Waals surface area contributed by atoms with Gasteiger partial charge in [-0.15, -0.1) is 0 Å². The number of phenols is 1. The molecule has 76 valence electrons. The minimum atomic E-state index is -0.615. The summed E-state index contributed by atoms with van der Waals surface area (Å²) in [6.07, 6.45) is 0. The number of urea groups is 1. The average Bonchev–Trinajstić information content (AvgIpc) is 2.12. The fraction of sp³-hybridized carbons (Fsp3) is 0.222. The molecule has 0 unspecified atom stereocenters. The molecule has 2 amide bonds. The number of phenolic OH excluding ortho intramolecular Hbond substituents is 1. The molecule has 4 N–H and O–H groups in total. The van der Waals surface area contributed by atoms with Gasteiger partial charge in [0.1, 0.15) is 5.75 Å². The summed E-state index contributed by atoms with van der Waals surface area (Å²) < 4.78 is 0. The van der Waals surface area contributed by atoms with Crippen LogP contribution in [0, 0.1) is 0 Å². The number of anilines is 1. The molecule has 0 spiro atoms. The lowest BCUT2D eigenvalue weighted by Crippen LogP contribution is -2.18. The van der Waals surface area contributed by atoms with Crippen molar-refractivity contribution in [3.05, 3.63) is 24.3 Å². The number of carbonyl (C=O) groups excluding carboxylic acids is 1. The summed E-state index contributed by atoms with van der Waals surface area (Å²) >= 11 is 0. The maximum Gasteiger partial charge on any atom is 0.316 e. The van der Waals surface area contributed by atoms with Crippen LogP contribution in [-0.4, -0.2) is 11.1 Å². The first kappa shape index (κ1) is 11.3. The Hall–Kier alpha value is -1.71. The van der Waals surface area contributed by atoms with E-state index in [9.17, 15) is 4.79 Å². The van der Waals surface area contributed by atoms with Crippen LogP contribution >= 0.6 is 0 Å². The molecule has 0 saturated heterocycles. The van der Waals surface area contributed by atoms with Crippen molar-refractivity contribution in [2.24, 2.45) is 5.73 Å². The number of hydrogen-bond donors (Lipinski definition) is 3. The lowest BCUT2D eigenvalue weighted by molar-refractivity contribution is 0.259. The Balaban J connectivity index is -0.000000339. The smallest absolute Gasteiger partial charge is 0.316 e. The number of benzene rings is 1. The van der Waals surface area contributed by atoms with E-state index in [2.05, 4.69) is 5.32 Å². The van der Waals surface area contributed by atoms with Gasteiger partial charge in [0.05, 0.1) is 0 Å². The highest BCUT2D eigenvalue weighted by atomic mass is 16.3. The summed E-state index contributed by atoms with van der Waals surface area (Å²) in [4.78, 5) is 10.3. The third-order valence-electron chi connectivity index (χ3n) is 1.13.